The quantitative estimate of drug-likeness (QED) is 0.560. The number of aliphatic hydroxyl groups excluding tert-OH is 2. The third-order valence-corrected chi connectivity index (χ3v) is 1.87. The van der Waals surface area contributed by atoms with E-state index in [1.807, 2.05) is 0 Å². The number of rotatable bonds is 2. The Balaban J connectivity index is 2.63. The molecule has 0 aromatic carbocycles. The molecule has 0 spiro atoms. The van der Waals surface area contributed by atoms with E-state index >= 15 is 0 Å². The maximum atomic E-state index is 9.38. The molecule has 2 heterocycles. The van der Waals surface area contributed by atoms with Gasteiger partial charge in [-0.2, -0.15) is 0 Å². The summed E-state index contributed by atoms with van der Waals surface area (Å²) in [5, 5.41) is 18.1. The smallest absolute Gasteiger partial charge is 0.167 e. The Morgan fingerprint density at radius 3 is 2.93 bits per heavy atom. The van der Waals surface area contributed by atoms with Gasteiger partial charge in [-0.05, 0) is 0 Å². The SMILES string of the molecule is Nc1ncnc2c1ncn2[C@@H](O)CO. The number of nitrogens with two attached hydrogens (primary N) is 1. The van der Waals surface area contributed by atoms with E-state index in [0.29, 0.717) is 11.2 Å². The van der Waals surface area contributed by atoms with Crippen LogP contribution in [0.2, 0.25) is 0 Å². The van der Waals surface area contributed by atoms with Crippen molar-refractivity contribution in [1.29, 1.82) is 0 Å². The van der Waals surface area contributed by atoms with E-state index in [2.05, 4.69) is 15.0 Å². The highest BCUT2D eigenvalue weighted by atomic mass is 16.3. The summed E-state index contributed by atoms with van der Waals surface area (Å²) >= 11 is 0. The molecule has 0 bridgehead atoms. The van der Waals surface area contributed by atoms with Crippen molar-refractivity contribution in [2.45, 2.75) is 6.23 Å². The van der Waals surface area contributed by atoms with Gasteiger partial charge in [-0.3, -0.25) is 4.57 Å². The number of hydrogen-bond acceptors (Lipinski definition) is 6. The van der Waals surface area contributed by atoms with Gasteiger partial charge in [0.2, 0.25) is 0 Å². The van der Waals surface area contributed by atoms with E-state index in [-0.39, 0.29) is 5.82 Å². The molecule has 1 atom stereocenters. The number of fused-ring (bicyclic) bond motifs is 1. The number of aromatic nitrogens is 4. The third-order valence-electron chi connectivity index (χ3n) is 1.87. The fraction of sp³-hybridized carbons (Fsp3) is 0.286. The zero-order valence-electron chi connectivity index (χ0n) is 7.20. The summed E-state index contributed by atoms with van der Waals surface area (Å²) in [7, 11) is 0. The van der Waals surface area contributed by atoms with E-state index < -0.39 is 12.8 Å². The van der Waals surface area contributed by atoms with Gasteiger partial charge in [0.15, 0.2) is 17.7 Å². The van der Waals surface area contributed by atoms with Crippen molar-refractivity contribution in [2.24, 2.45) is 0 Å². The van der Waals surface area contributed by atoms with Crippen LogP contribution in [0.25, 0.3) is 11.2 Å². The molecule has 14 heavy (non-hydrogen) atoms. The van der Waals surface area contributed by atoms with Gasteiger partial charge in [-0.25, -0.2) is 15.0 Å². The van der Waals surface area contributed by atoms with Crippen LogP contribution in [0.3, 0.4) is 0 Å². The molecule has 2 rings (SSSR count). The maximum absolute atomic E-state index is 9.38. The Hall–Kier alpha value is -1.73. The topological polar surface area (TPSA) is 110 Å². The summed E-state index contributed by atoms with van der Waals surface area (Å²) in [4.78, 5) is 11.6. The van der Waals surface area contributed by atoms with Crippen molar-refractivity contribution >= 4 is 17.0 Å². The Bertz CT molecular complexity index is 454. The molecule has 0 aliphatic heterocycles. The third kappa shape index (κ3) is 1.19. The zero-order valence-corrected chi connectivity index (χ0v) is 7.20. The molecule has 0 aliphatic carbocycles. The Morgan fingerprint density at radius 2 is 2.21 bits per heavy atom. The van der Waals surface area contributed by atoms with Crippen LogP contribution in [0.1, 0.15) is 6.23 Å². The number of nitrogen functional groups attached to an aromatic ring is 1. The predicted octanol–water partition coefficient (Wildman–Crippen LogP) is -1.11. The molecule has 0 amide bonds. The molecule has 7 nitrogen and oxygen atoms in total. The minimum Gasteiger partial charge on any atom is -0.392 e. The van der Waals surface area contributed by atoms with Crippen LogP contribution in [0.4, 0.5) is 5.82 Å². The summed E-state index contributed by atoms with van der Waals surface area (Å²) in [6, 6.07) is 0. The van der Waals surface area contributed by atoms with Gasteiger partial charge in [0.25, 0.3) is 0 Å². The minimum absolute atomic E-state index is 0.249. The molecule has 7 heteroatoms. The lowest BCUT2D eigenvalue weighted by atomic mass is 10.5. The molecule has 0 saturated carbocycles. The highest BCUT2D eigenvalue weighted by Crippen LogP contribution is 2.16. The van der Waals surface area contributed by atoms with Gasteiger partial charge in [0.05, 0.1) is 12.9 Å². The van der Waals surface area contributed by atoms with Crippen molar-refractivity contribution in [3.8, 4) is 0 Å². The molecule has 0 fully saturated rings. The second kappa shape index (κ2) is 3.20. The van der Waals surface area contributed by atoms with Crippen LogP contribution >= 0.6 is 0 Å². The lowest BCUT2D eigenvalue weighted by Crippen LogP contribution is -2.11. The lowest BCUT2D eigenvalue weighted by molar-refractivity contribution is 0.0418. The highest BCUT2D eigenvalue weighted by molar-refractivity contribution is 5.81. The first-order valence-electron chi connectivity index (χ1n) is 3.96. The van der Waals surface area contributed by atoms with E-state index in [1.165, 1.54) is 17.2 Å². The van der Waals surface area contributed by atoms with Gasteiger partial charge < -0.3 is 15.9 Å². The Morgan fingerprint density at radius 1 is 1.43 bits per heavy atom. The monoisotopic (exact) mass is 195 g/mol. The second-order valence-electron chi connectivity index (χ2n) is 2.75. The molecule has 2 aromatic heterocycles. The number of imidazole rings is 1. The van der Waals surface area contributed by atoms with E-state index in [4.69, 9.17) is 10.8 Å². The first-order chi connectivity index (χ1) is 6.74. The minimum atomic E-state index is -1.06. The van der Waals surface area contributed by atoms with Crippen LogP contribution in [-0.2, 0) is 0 Å². The van der Waals surface area contributed by atoms with Crippen molar-refractivity contribution < 1.29 is 10.2 Å². The number of aliphatic hydroxyl groups is 2. The van der Waals surface area contributed by atoms with Crippen LogP contribution in [0.5, 0.6) is 0 Å². The summed E-state index contributed by atoms with van der Waals surface area (Å²) in [5.41, 5.74) is 6.36. The summed E-state index contributed by atoms with van der Waals surface area (Å²) in [6.07, 6.45) is 1.57. The molecule has 0 radical (unpaired) electrons. The molecular weight excluding hydrogens is 186 g/mol. The van der Waals surface area contributed by atoms with Gasteiger partial charge in [0, 0.05) is 0 Å². The van der Waals surface area contributed by atoms with Crippen molar-refractivity contribution in [3.63, 3.8) is 0 Å². The number of hydrogen-bond donors (Lipinski definition) is 3. The molecule has 0 unspecified atom stereocenters. The fourth-order valence-corrected chi connectivity index (χ4v) is 1.18. The van der Waals surface area contributed by atoms with Crippen molar-refractivity contribution in [2.75, 3.05) is 12.3 Å². The van der Waals surface area contributed by atoms with Crippen LogP contribution in [0, 0.1) is 0 Å². The molecule has 4 N–H and O–H groups in total. The van der Waals surface area contributed by atoms with Crippen LogP contribution in [-0.4, -0.2) is 36.3 Å². The second-order valence-corrected chi connectivity index (χ2v) is 2.75. The van der Waals surface area contributed by atoms with Crippen LogP contribution < -0.4 is 5.73 Å². The van der Waals surface area contributed by atoms with Gasteiger partial charge in [-0.1, -0.05) is 0 Å². The van der Waals surface area contributed by atoms with Gasteiger partial charge in [0.1, 0.15) is 11.8 Å². The summed E-state index contributed by atoms with van der Waals surface area (Å²) < 4.78 is 1.33. The Labute approximate surface area is 78.8 Å². The summed E-state index contributed by atoms with van der Waals surface area (Å²) in [6.45, 7) is -0.407. The average Bonchev–Trinajstić information content (AvgIpc) is 2.62. The maximum Gasteiger partial charge on any atom is 0.167 e. The molecule has 74 valence electrons. The Kier molecular flexibility index (Phi) is 2.02. The van der Waals surface area contributed by atoms with Gasteiger partial charge in [-0.15, -0.1) is 0 Å². The molecule has 0 saturated heterocycles. The molecule has 0 aliphatic rings. The van der Waals surface area contributed by atoms with E-state index in [1.54, 1.807) is 0 Å². The number of anilines is 1. The fourth-order valence-electron chi connectivity index (χ4n) is 1.18. The normalized spacial score (nSPS) is 13.3. The number of nitrogens with zero attached hydrogens (tertiary/aromatic N) is 4. The first kappa shape index (κ1) is 8.85. The summed E-state index contributed by atoms with van der Waals surface area (Å²) in [5.74, 6) is 0.249. The van der Waals surface area contributed by atoms with Crippen molar-refractivity contribution in [3.05, 3.63) is 12.7 Å². The predicted molar refractivity (Wildman–Crippen MR) is 48.1 cm³/mol. The zero-order chi connectivity index (χ0) is 10.1. The largest absolute Gasteiger partial charge is 0.392 e. The highest BCUT2D eigenvalue weighted by Gasteiger charge is 2.12. The van der Waals surface area contributed by atoms with E-state index in [0.717, 1.165) is 0 Å². The van der Waals surface area contributed by atoms with Crippen LogP contribution in [0.15, 0.2) is 12.7 Å². The van der Waals surface area contributed by atoms with E-state index in [9.17, 15) is 5.11 Å². The molecular formula is C7H9N5O2. The average molecular weight is 195 g/mol. The van der Waals surface area contributed by atoms with Gasteiger partial charge >= 0.3 is 0 Å². The molecule has 2 aromatic rings. The lowest BCUT2D eigenvalue weighted by Gasteiger charge is -2.08. The first-order valence-corrected chi connectivity index (χ1v) is 3.96. The standard InChI is InChI=1S/C7H9N5O2/c8-6-5-7(10-2-9-6)12(3-11-5)4(14)1-13/h2-4,13-14H,1H2,(H2,8,9,10)/t4-/m0/s1. The van der Waals surface area contributed by atoms with Crippen molar-refractivity contribution in [1.82, 2.24) is 19.5 Å².